The van der Waals surface area contributed by atoms with Gasteiger partial charge in [-0.05, 0) is 65.3 Å². The van der Waals surface area contributed by atoms with E-state index >= 15 is 0 Å². The number of phenolic OH excluding ortho intramolecular Hbond substituents is 1. The Labute approximate surface area is 248 Å². The lowest BCUT2D eigenvalue weighted by atomic mass is 9.52. The topological polar surface area (TPSA) is 209 Å². The van der Waals surface area contributed by atoms with Crippen molar-refractivity contribution in [2.45, 2.75) is 50.9 Å². The van der Waals surface area contributed by atoms with Crippen molar-refractivity contribution in [1.82, 2.24) is 10.4 Å². The van der Waals surface area contributed by atoms with Gasteiger partial charge in [0, 0.05) is 25.7 Å². The smallest absolute Gasteiger partial charge is 0.240 e. The Morgan fingerprint density at radius 3 is 2.28 bits per heavy atom. The molecule has 0 aromatic heterocycles. The Bertz CT molecular complexity index is 1420. The van der Waals surface area contributed by atoms with E-state index in [2.05, 4.69) is 10.8 Å². The third kappa shape index (κ3) is 5.32. The van der Waals surface area contributed by atoms with E-state index in [1.165, 1.54) is 25.1 Å². The van der Waals surface area contributed by atoms with E-state index in [0.29, 0.717) is 11.3 Å². The number of fused-ring (bicyclic) bond motifs is 3. The number of aliphatic hydroxyl groups is 1. The number of amides is 2. The molecule has 0 saturated heterocycles. The second-order valence-electron chi connectivity index (χ2n) is 12.9. The normalized spacial score (nSPS) is 28.7. The summed E-state index contributed by atoms with van der Waals surface area (Å²) in [6.45, 7) is 5.09. The number of nitrogens with two attached hydrogens (primary N) is 1. The van der Waals surface area contributed by atoms with Crippen LogP contribution < -0.4 is 21.4 Å². The molecule has 0 aliphatic heterocycles. The van der Waals surface area contributed by atoms with Gasteiger partial charge in [-0.1, -0.05) is 0 Å². The zero-order valence-corrected chi connectivity index (χ0v) is 25.3. The van der Waals surface area contributed by atoms with Crippen LogP contribution in [0.5, 0.6) is 5.75 Å². The summed E-state index contributed by atoms with van der Waals surface area (Å²) in [6, 6.07) is 0.329. The van der Waals surface area contributed by atoms with E-state index in [9.17, 15) is 39.0 Å². The van der Waals surface area contributed by atoms with Gasteiger partial charge in [0.1, 0.15) is 12.3 Å². The Morgan fingerprint density at radius 1 is 1.12 bits per heavy atom. The number of carbonyl (C=O) groups is 6. The van der Waals surface area contributed by atoms with Crippen molar-refractivity contribution in [3.05, 3.63) is 17.2 Å². The lowest BCUT2D eigenvalue weighted by Crippen LogP contribution is -2.74. The highest BCUT2D eigenvalue weighted by molar-refractivity contribution is 6.32. The van der Waals surface area contributed by atoms with Crippen molar-refractivity contribution in [2.75, 3.05) is 45.0 Å². The molecule has 14 nitrogen and oxygen atoms in total. The molecule has 14 heteroatoms. The van der Waals surface area contributed by atoms with E-state index in [1.807, 2.05) is 0 Å². The van der Waals surface area contributed by atoms with Gasteiger partial charge in [0.15, 0.2) is 34.7 Å². The van der Waals surface area contributed by atoms with Crippen LogP contribution in [0.1, 0.15) is 43.1 Å². The first-order valence-electron chi connectivity index (χ1n) is 13.9. The van der Waals surface area contributed by atoms with Crippen molar-refractivity contribution in [1.29, 1.82) is 0 Å². The SMILES string of the molecule is CN(C)c1cc(NC(=O)CNOC(C)(C)C)c(O)c2c1C[C@H]1C[C@H]3[C@H](N(C)C)C(=O)C(C(N)=O)C(=O)[C@@]3(O)C(=O)C1C2=O. The summed E-state index contributed by atoms with van der Waals surface area (Å²) in [6.07, 6.45) is 0.0393. The van der Waals surface area contributed by atoms with Crippen LogP contribution in [0, 0.1) is 23.7 Å². The van der Waals surface area contributed by atoms with Crippen LogP contribution in [-0.4, -0.2) is 102 Å². The van der Waals surface area contributed by atoms with Crippen LogP contribution in [-0.2, 0) is 35.2 Å². The molecule has 2 unspecified atom stereocenters. The summed E-state index contributed by atoms with van der Waals surface area (Å²) in [5.74, 6) is -12.1. The molecule has 0 radical (unpaired) electrons. The van der Waals surface area contributed by atoms with E-state index < -0.39 is 81.6 Å². The van der Waals surface area contributed by atoms with Gasteiger partial charge in [0.25, 0.3) is 0 Å². The highest BCUT2D eigenvalue weighted by atomic mass is 16.7. The number of phenols is 1. The lowest BCUT2D eigenvalue weighted by molar-refractivity contribution is -0.181. The van der Waals surface area contributed by atoms with E-state index in [4.69, 9.17) is 10.6 Å². The fourth-order valence-corrected chi connectivity index (χ4v) is 6.66. The largest absolute Gasteiger partial charge is 0.505 e. The number of ketones is 4. The molecule has 2 saturated carbocycles. The van der Waals surface area contributed by atoms with Gasteiger partial charge in [-0.15, -0.1) is 0 Å². The standard InChI is InChI=1S/C29H39N5O9/c1-28(2,3)43-31-11-17(35)32-15-10-16(33(4)5)13-8-12-9-14-21(34(6)7)24(38)20(27(30)41)26(40)29(14,42)25(39)18(12)23(37)19(13)22(15)36/h10,12,14,18,20-21,31,36,42H,8-9,11H2,1-7H3,(H2,30,41)(H,32,35)/t12-,14-,18?,20?,21-,29-/m0/s1. The molecule has 234 valence electrons. The zero-order chi connectivity index (χ0) is 32.3. The number of carbonyl (C=O) groups excluding carboxylic acids is 6. The maximum atomic E-state index is 14.1. The number of Topliss-reactive ketones (excluding diaryl/α,β-unsaturated/α-hetero) is 4. The molecule has 2 amide bonds. The summed E-state index contributed by atoms with van der Waals surface area (Å²) in [4.78, 5) is 88.0. The van der Waals surface area contributed by atoms with Crippen molar-refractivity contribution in [2.24, 2.45) is 29.4 Å². The first-order valence-corrected chi connectivity index (χ1v) is 13.9. The highest BCUT2D eigenvalue weighted by Gasteiger charge is 2.69. The molecule has 6 atom stereocenters. The molecule has 2 fully saturated rings. The quantitative estimate of drug-likeness (QED) is 0.148. The highest BCUT2D eigenvalue weighted by Crippen LogP contribution is 2.52. The molecule has 0 bridgehead atoms. The maximum absolute atomic E-state index is 14.1. The Kier molecular flexibility index (Phi) is 8.30. The average Bonchev–Trinajstić information content (AvgIpc) is 2.86. The molecule has 3 aliphatic carbocycles. The van der Waals surface area contributed by atoms with Gasteiger partial charge >= 0.3 is 0 Å². The number of anilines is 2. The van der Waals surface area contributed by atoms with Gasteiger partial charge in [-0.25, -0.2) is 0 Å². The molecular weight excluding hydrogens is 562 g/mol. The molecule has 6 N–H and O–H groups in total. The Balaban J connectivity index is 1.77. The number of hydrogen-bond acceptors (Lipinski definition) is 12. The van der Waals surface area contributed by atoms with Gasteiger partial charge < -0.3 is 26.2 Å². The van der Waals surface area contributed by atoms with E-state index in [0.717, 1.165) is 0 Å². The maximum Gasteiger partial charge on any atom is 0.240 e. The minimum atomic E-state index is -2.82. The fraction of sp³-hybridized carbons (Fsp3) is 0.586. The molecule has 43 heavy (non-hydrogen) atoms. The van der Waals surface area contributed by atoms with E-state index in [-0.39, 0.29) is 30.6 Å². The number of hydrogen-bond donors (Lipinski definition) is 5. The monoisotopic (exact) mass is 601 g/mol. The summed E-state index contributed by atoms with van der Waals surface area (Å²) < 4.78 is 0. The predicted molar refractivity (Wildman–Crippen MR) is 153 cm³/mol. The number of primary amides is 1. The minimum absolute atomic E-state index is 0.0601. The van der Waals surface area contributed by atoms with E-state index in [1.54, 1.807) is 39.8 Å². The molecule has 1 aromatic rings. The first kappa shape index (κ1) is 32.2. The lowest BCUT2D eigenvalue weighted by Gasteiger charge is -2.52. The summed E-state index contributed by atoms with van der Waals surface area (Å²) in [7, 11) is 6.47. The molecule has 4 rings (SSSR count). The van der Waals surface area contributed by atoms with Gasteiger partial charge in [0.05, 0.1) is 28.8 Å². The number of hydroxylamine groups is 1. The van der Waals surface area contributed by atoms with Crippen molar-refractivity contribution < 1.29 is 43.8 Å². The molecule has 0 heterocycles. The van der Waals surface area contributed by atoms with Crippen LogP contribution in [0.15, 0.2) is 6.07 Å². The van der Waals surface area contributed by atoms with Gasteiger partial charge in [-0.2, -0.15) is 5.48 Å². The summed E-state index contributed by atoms with van der Waals surface area (Å²) >= 11 is 0. The number of rotatable bonds is 7. The van der Waals surface area contributed by atoms with Crippen molar-refractivity contribution >= 4 is 46.3 Å². The average molecular weight is 602 g/mol. The number of nitrogens with zero attached hydrogens (tertiary/aromatic N) is 2. The second kappa shape index (κ2) is 11.1. The Morgan fingerprint density at radius 2 is 1.74 bits per heavy atom. The number of likely N-dealkylation sites (N-methyl/N-ethyl adjacent to an activating group) is 1. The minimum Gasteiger partial charge on any atom is -0.505 e. The zero-order valence-electron chi connectivity index (χ0n) is 25.3. The van der Waals surface area contributed by atoms with Crippen LogP contribution in [0.25, 0.3) is 0 Å². The number of nitrogens with one attached hydrogen (secondary N) is 2. The summed E-state index contributed by atoms with van der Waals surface area (Å²) in [5.41, 5.74) is 5.13. The number of aromatic hydroxyl groups is 1. The molecule has 0 spiro atoms. The van der Waals surface area contributed by atoms with Gasteiger partial charge in [0.2, 0.25) is 11.8 Å². The first-order chi connectivity index (χ1) is 19.8. The Hall–Kier alpha value is -3.72. The second-order valence-corrected chi connectivity index (χ2v) is 12.9. The molecule has 3 aliphatic rings. The third-order valence-corrected chi connectivity index (χ3v) is 8.40. The fourth-order valence-electron chi connectivity index (χ4n) is 6.66. The number of benzene rings is 1. The van der Waals surface area contributed by atoms with Crippen LogP contribution in [0.3, 0.4) is 0 Å². The summed E-state index contributed by atoms with van der Waals surface area (Å²) in [5, 5.41) is 25.5. The van der Waals surface area contributed by atoms with Crippen molar-refractivity contribution in [3.8, 4) is 5.75 Å². The predicted octanol–water partition coefficient (Wildman–Crippen LogP) is -0.809. The van der Waals surface area contributed by atoms with Crippen LogP contribution in [0.4, 0.5) is 11.4 Å². The third-order valence-electron chi connectivity index (χ3n) is 8.40. The van der Waals surface area contributed by atoms with Crippen LogP contribution >= 0.6 is 0 Å². The van der Waals surface area contributed by atoms with Crippen molar-refractivity contribution in [3.63, 3.8) is 0 Å². The van der Waals surface area contributed by atoms with Gasteiger partial charge in [-0.3, -0.25) is 38.5 Å². The molecule has 1 aromatic carbocycles. The van der Waals surface area contributed by atoms with Crippen LogP contribution in [0.2, 0.25) is 0 Å². The molecular formula is C29H39N5O9.